The molecular weight excluding hydrogens is 282 g/mol. The molecule has 2 heterocycles. The number of nitrogens with one attached hydrogen (secondary N) is 2. The Balaban J connectivity index is 1.74. The molecule has 1 aromatic carbocycles. The minimum absolute atomic E-state index is 0.536. The maximum absolute atomic E-state index is 12.4. The molecule has 1 aliphatic heterocycles. The molecule has 1 aromatic heterocycles. The van der Waals surface area contributed by atoms with Gasteiger partial charge in [-0.25, -0.2) is 13.2 Å². The molecule has 2 N–H and O–H groups in total. The topological polar surface area (TPSA) is 48.1 Å². The van der Waals surface area contributed by atoms with Gasteiger partial charge >= 0.3 is 0 Å². The first-order chi connectivity index (χ1) is 10.1. The number of para-hydroxylation sites is 1. The van der Waals surface area contributed by atoms with Gasteiger partial charge in [0.1, 0.15) is 0 Å². The van der Waals surface area contributed by atoms with Crippen molar-refractivity contribution in [2.75, 3.05) is 19.6 Å². The molecule has 114 valence electrons. The number of aromatic nitrogens is 1. The number of fused-ring (bicyclic) bond motifs is 1. The van der Waals surface area contributed by atoms with Gasteiger partial charge in [-0.15, -0.1) is 0 Å². The Morgan fingerprint density at radius 2 is 2.10 bits per heavy atom. The normalized spacial score (nSPS) is 20.6. The summed E-state index contributed by atoms with van der Waals surface area (Å²) in [6.07, 6.45) is 4.19. The zero-order valence-corrected chi connectivity index (χ0v) is 13.3. The van der Waals surface area contributed by atoms with E-state index in [0.717, 1.165) is 25.9 Å². The average molecular weight is 305 g/mol. The summed E-state index contributed by atoms with van der Waals surface area (Å²) < 4.78 is 17.5. The number of aromatic amines is 1. The number of hydrogen-bond donors (Lipinski definition) is 2. The van der Waals surface area contributed by atoms with Crippen LogP contribution in [0.15, 0.2) is 30.5 Å². The van der Waals surface area contributed by atoms with Gasteiger partial charge in [-0.05, 0) is 36.3 Å². The van der Waals surface area contributed by atoms with E-state index < -0.39 is 9.89 Å². The molecular formula is C16H23N3OS. The lowest BCUT2D eigenvalue weighted by Crippen LogP contribution is -2.44. The van der Waals surface area contributed by atoms with Crippen LogP contribution in [0, 0.1) is 0 Å². The lowest BCUT2D eigenvalue weighted by molar-refractivity contribution is 0.331. The average Bonchev–Trinajstić information content (AvgIpc) is 2.91. The van der Waals surface area contributed by atoms with Crippen molar-refractivity contribution in [1.29, 1.82) is 0 Å². The predicted octanol–water partition coefficient (Wildman–Crippen LogP) is 2.50. The molecule has 2 aromatic rings. The van der Waals surface area contributed by atoms with Crippen LogP contribution in [0.2, 0.25) is 0 Å². The van der Waals surface area contributed by atoms with Crippen LogP contribution in [0.1, 0.15) is 31.2 Å². The Kier molecular flexibility index (Phi) is 4.06. The first-order valence-electron chi connectivity index (χ1n) is 7.55. The Hall–Kier alpha value is -1.30. The van der Waals surface area contributed by atoms with Gasteiger partial charge in [0, 0.05) is 36.7 Å². The van der Waals surface area contributed by atoms with Crippen molar-refractivity contribution >= 4 is 26.7 Å². The molecule has 0 spiro atoms. The highest BCUT2D eigenvalue weighted by Crippen LogP contribution is 2.33. The minimum atomic E-state index is -2.29. The van der Waals surface area contributed by atoms with Crippen molar-refractivity contribution in [2.24, 2.45) is 0 Å². The van der Waals surface area contributed by atoms with E-state index in [-0.39, 0.29) is 0 Å². The molecule has 1 saturated heterocycles. The number of hydrogen-bond acceptors (Lipinski definition) is 1. The Morgan fingerprint density at radius 3 is 2.81 bits per heavy atom. The SMILES string of the molecule is C=S(=O)(NCC)N1CCC(c2c[nH]c3ccccc23)CC1. The summed E-state index contributed by atoms with van der Waals surface area (Å²) in [5, 5.41) is 1.32. The van der Waals surface area contributed by atoms with Gasteiger partial charge in [0.15, 0.2) is 0 Å². The van der Waals surface area contributed by atoms with E-state index in [4.69, 9.17) is 0 Å². The smallest absolute Gasteiger partial charge is 0.0876 e. The molecule has 1 aliphatic rings. The molecule has 3 rings (SSSR count). The Labute approximate surface area is 126 Å². The van der Waals surface area contributed by atoms with E-state index in [1.54, 1.807) is 0 Å². The second-order valence-corrected chi connectivity index (χ2v) is 7.72. The summed E-state index contributed by atoms with van der Waals surface area (Å²) in [4.78, 5) is 3.35. The van der Waals surface area contributed by atoms with Gasteiger partial charge in [0.05, 0.1) is 9.89 Å². The van der Waals surface area contributed by atoms with Crippen LogP contribution in [0.5, 0.6) is 0 Å². The van der Waals surface area contributed by atoms with E-state index in [1.807, 2.05) is 11.2 Å². The fourth-order valence-corrected chi connectivity index (χ4v) is 4.64. The number of rotatable bonds is 4. The van der Waals surface area contributed by atoms with E-state index in [9.17, 15) is 4.21 Å². The molecule has 0 aliphatic carbocycles. The minimum Gasteiger partial charge on any atom is -0.361 e. The fourth-order valence-electron chi connectivity index (χ4n) is 3.21. The maximum Gasteiger partial charge on any atom is 0.0876 e. The zero-order chi connectivity index (χ0) is 14.9. The van der Waals surface area contributed by atoms with Gasteiger partial charge in [-0.1, -0.05) is 25.1 Å². The fraction of sp³-hybridized carbons (Fsp3) is 0.438. The highest BCUT2D eigenvalue weighted by molar-refractivity contribution is 7.96. The van der Waals surface area contributed by atoms with Crippen molar-refractivity contribution in [3.8, 4) is 0 Å². The molecule has 0 saturated carbocycles. The summed E-state index contributed by atoms with van der Waals surface area (Å²) in [6, 6.07) is 8.43. The van der Waals surface area contributed by atoms with Crippen LogP contribution in [0.25, 0.3) is 10.9 Å². The van der Waals surface area contributed by atoms with E-state index in [0.29, 0.717) is 12.5 Å². The number of nitrogens with zero attached hydrogens (tertiary/aromatic N) is 1. The number of benzene rings is 1. The van der Waals surface area contributed by atoms with Crippen LogP contribution in [-0.4, -0.2) is 39.0 Å². The summed E-state index contributed by atoms with van der Waals surface area (Å²) in [6.45, 7) is 4.31. The number of H-pyrrole nitrogens is 1. The Bertz CT molecular complexity index is 712. The molecule has 1 unspecified atom stereocenters. The quantitative estimate of drug-likeness (QED) is 0.838. The molecule has 21 heavy (non-hydrogen) atoms. The molecule has 4 nitrogen and oxygen atoms in total. The van der Waals surface area contributed by atoms with Crippen molar-refractivity contribution in [2.45, 2.75) is 25.7 Å². The molecule has 0 bridgehead atoms. The first kappa shape index (κ1) is 14.6. The standard InChI is InChI=1S/C16H23N3OS/c1-3-18-21(2,20)19-10-8-13(9-11-19)15-12-17-16-7-5-4-6-14(15)16/h4-7,12-13,17H,2-3,8-11H2,1H3,(H,18,20). The van der Waals surface area contributed by atoms with Crippen LogP contribution in [-0.2, 0) is 9.89 Å². The number of piperidine rings is 1. The summed E-state index contributed by atoms with van der Waals surface area (Å²) in [7, 11) is -2.29. The van der Waals surface area contributed by atoms with Gasteiger partial charge in [-0.3, -0.25) is 0 Å². The largest absolute Gasteiger partial charge is 0.361 e. The molecule has 0 amide bonds. The maximum atomic E-state index is 12.4. The molecule has 0 radical (unpaired) electrons. The van der Waals surface area contributed by atoms with E-state index >= 15 is 0 Å². The molecule has 1 fully saturated rings. The van der Waals surface area contributed by atoms with Gasteiger partial charge in [0.2, 0.25) is 0 Å². The summed E-state index contributed by atoms with van der Waals surface area (Å²) in [5.41, 5.74) is 2.59. The van der Waals surface area contributed by atoms with E-state index in [2.05, 4.69) is 46.0 Å². The second kappa shape index (κ2) is 5.83. The lowest BCUT2D eigenvalue weighted by atomic mass is 9.90. The van der Waals surface area contributed by atoms with Crippen LogP contribution in [0.4, 0.5) is 0 Å². The van der Waals surface area contributed by atoms with Crippen molar-refractivity contribution in [3.05, 3.63) is 36.0 Å². The third kappa shape index (κ3) is 2.86. The summed E-state index contributed by atoms with van der Waals surface area (Å²) >= 11 is 0. The Morgan fingerprint density at radius 1 is 1.38 bits per heavy atom. The monoisotopic (exact) mass is 305 g/mol. The van der Waals surface area contributed by atoms with Crippen LogP contribution < -0.4 is 4.72 Å². The second-order valence-electron chi connectivity index (χ2n) is 5.63. The van der Waals surface area contributed by atoms with Crippen LogP contribution >= 0.6 is 0 Å². The third-order valence-electron chi connectivity index (χ3n) is 4.30. The van der Waals surface area contributed by atoms with Crippen molar-refractivity contribution in [1.82, 2.24) is 14.0 Å². The third-order valence-corrected chi connectivity index (χ3v) is 6.24. The molecule has 5 heteroatoms. The van der Waals surface area contributed by atoms with E-state index in [1.165, 1.54) is 16.5 Å². The zero-order valence-electron chi connectivity index (χ0n) is 12.5. The van der Waals surface area contributed by atoms with Gasteiger partial charge in [0.25, 0.3) is 0 Å². The highest BCUT2D eigenvalue weighted by atomic mass is 32.2. The predicted molar refractivity (Wildman–Crippen MR) is 90.8 cm³/mol. The first-order valence-corrected chi connectivity index (χ1v) is 9.23. The van der Waals surface area contributed by atoms with Gasteiger partial charge < -0.3 is 4.98 Å². The molecule has 1 atom stereocenters. The lowest BCUT2D eigenvalue weighted by Gasteiger charge is -2.33. The van der Waals surface area contributed by atoms with Crippen LogP contribution in [0.3, 0.4) is 0 Å². The highest BCUT2D eigenvalue weighted by Gasteiger charge is 2.26. The van der Waals surface area contributed by atoms with Gasteiger partial charge in [-0.2, -0.15) is 0 Å². The van der Waals surface area contributed by atoms with Crippen molar-refractivity contribution < 1.29 is 4.21 Å². The van der Waals surface area contributed by atoms with Crippen molar-refractivity contribution in [3.63, 3.8) is 0 Å². The summed E-state index contributed by atoms with van der Waals surface area (Å²) in [5.74, 6) is 4.39.